The summed E-state index contributed by atoms with van der Waals surface area (Å²) in [5, 5.41) is 0. The summed E-state index contributed by atoms with van der Waals surface area (Å²) >= 11 is 0. The Kier molecular flexibility index (Phi) is 3.54. The zero-order valence-electron chi connectivity index (χ0n) is 9.01. The second-order valence-electron chi connectivity index (χ2n) is 4.11. The van der Waals surface area contributed by atoms with Crippen LogP contribution < -0.4 is 5.90 Å². The van der Waals surface area contributed by atoms with Crippen molar-refractivity contribution in [2.45, 2.75) is 25.4 Å². The van der Waals surface area contributed by atoms with Crippen molar-refractivity contribution in [1.82, 2.24) is 4.98 Å². The minimum atomic E-state index is -4.42. The second-order valence-corrected chi connectivity index (χ2v) is 4.11. The van der Waals surface area contributed by atoms with E-state index in [9.17, 15) is 13.2 Å². The Morgan fingerprint density at radius 1 is 1.31 bits per heavy atom. The van der Waals surface area contributed by atoms with Gasteiger partial charge in [0.05, 0.1) is 12.2 Å². The highest BCUT2D eigenvalue weighted by Gasteiger charge is 2.37. The molecule has 0 amide bonds. The van der Waals surface area contributed by atoms with E-state index in [0.717, 1.165) is 6.20 Å². The molecule has 0 radical (unpaired) electrons. The van der Waals surface area contributed by atoms with Crippen molar-refractivity contribution < 1.29 is 18.0 Å². The highest BCUT2D eigenvalue weighted by molar-refractivity contribution is 5.32. The first kappa shape index (κ1) is 12.9. The largest absolute Gasteiger partial charge is 0.418 e. The van der Waals surface area contributed by atoms with Crippen molar-refractivity contribution in [2.24, 2.45) is 5.90 Å². The number of rotatable bonds is 3. The topological polar surface area (TPSA) is 48.1 Å². The molecule has 0 spiro atoms. The van der Waals surface area contributed by atoms with E-state index in [4.69, 9.17) is 5.90 Å². The van der Waals surface area contributed by atoms with Crippen LogP contribution in [0.5, 0.6) is 0 Å². The van der Waals surface area contributed by atoms with Gasteiger partial charge < -0.3 is 4.84 Å². The molecule has 0 fully saturated rings. The third-order valence-electron chi connectivity index (χ3n) is 2.30. The van der Waals surface area contributed by atoms with Crippen molar-refractivity contribution in [1.29, 1.82) is 0 Å². The molecule has 1 aromatic rings. The van der Waals surface area contributed by atoms with Crippen LogP contribution in [0.3, 0.4) is 0 Å². The average molecular weight is 234 g/mol. The van der Waals surface area contributed by atoms with Crippen LogP contribution in [0, 0.1) is 0 Å². The van der Waals surface area contributed by atoms with E-state index in [0.29, 0.717) is 0 Å². The highest BCUT2D eigenvalue weighted by Crippen LogP contribution is 2.36. The quantitative estimate of drug-likeness (QED) is 0.816. The minimum absolute atomic E-state index is 0.0000926. The summed E-state index contributed by atoms with van der Waals surface area (Å²) in [7, 11) is 0. The summed E-state index contributed by atoms with van der Waals surface area (Å²) in [4.78, 5) is 7.93. The first-order valence-electron chi connectivity index (χ1n) is 4.62. The molecule has 90 valence electrons. The van der Waals surface area contributed by atoms with Gasteiger partial charge in [-0.05, 0) is 11.6 Å². The van der Waals surface area contributed by atoms with Gasteiger partial charge in [-0.1, -0.05) is 13.8 Å². The van der Waals surface area contributed by atoms with Gasteiger partial charge >= 0.3 is 6.18 Å². The molecule has 1 heterocycles. The molecule has 0 bridgehead atoms. The van der Waals surface area contributed by atoms with Gasteiger partial charge in [-0.3, -0.25) is 4.98 Å². The van der Waals surface area contributed by atoms with Gasteiger partial charge in [-0.15, -0.1) is 0 Å². The lowest BCUT2D eigenvalue weighted by Crippen LogP contribution is -2.29. The van der Waals surface area contributed by atoms with Crippen molar-refractivity contribution in [3.05, 3.63) is 29.6 Å². The predicted octanol–water partition coefficient (Wildman–Crippen LogP) is 2.27. The lowest BCUT2D eigenvalue weighted by atomic mass is 9.83. The first-order valence-corrected chi connectivity index (χ1v) is 4.62. The fourth-order valence-corrected chi connectivity index (χ4v) is 1.50. The van der Waals surface area contributed by atoms with Crippen LogP contribution in [-0.4, -0.2) is 11.6 Å². The van der Waals surface area contributed by atoms with Crippen molar-refractivity contribution in [3.8, 4) is 0 Å². The highest BCUT2D eigenvalue weighted by atomic mass is 19.4. The molecular weight excluding hydrogens is 221 g/mol. The number of pyridine rings is 1. The molecule has 0 aliphatic rings. The zero-order chi connectivity index (χ0) is 12.4. The normalized spacial score (nSPS) is 12.9. The number of alkyl halides is 3. The van der Waals surface area contributed by atoms with Crippen LogP contribution in [0.4, 0.5) is 13.2 Å². The molecule has 0 saturated heterocycles. The summed E-state index contributed by atoms with van der Waals surface area (Å²) in [5.74, 6) is 4.91. The number of hydrogen-bond donors (Lipinski definition) is 1. The smallest absolute Gasteiger partial charge is 0.304 e. The summed E-state index contributed by atoms with van der Waals surface area (Å²) in [6, 6.07) is 1.34. The van der Waals surface area contributed by atoms with Crippen LogP contribution in [-0.2, 0) is 16.4 Å². The van der Waals surface area contributed by atoms with Gasteiger partial charge in [0.2, 0.25) is 0 Å². The molecule has 0 aliphatic carbocycles. The molecule has 3 nitrogen and oxygen atoms in total. The predicted molar refractivity (Wildman–Crippen MR) is 52.4 cm³/mol. The fourth-order valence-electron chi connectivity index (χ4n) is 1.50. The third kappa shape index (κ3) is 2.70. The maximum Gasteiger partial charge on any atom is 0.418 e. The van der Waals surface area contributed by atoms with Crippen molar-refractivity contribution in [2.75, 3.05) is 6.61 Å². The van der Waals surface area contributed by atoms with Gasteiger partial charge in [-0.2, -0.15) is 13.2 Å². The van der Waals surface area contributed by atoms with Gasteiger partial charge in [0, 0.05) is 17.8 Å². The van der Waals surface area contributed by atoms with E-state index in [1.807, 2.05) is 0 Å². The van der Waals surface area contributed by atoms with E-state index in [1.54, 1.807) is 13.8 Å². The van der Waals surface area contributed by atoms with Gasteiger partial charge in [-0.25, -0.2) is 5.90 Å². The monoisotopic (exact) mass is 234 g/mol. The summed E-state index contributed by atoms with van der Waals surface area (Å²) in [6.45, 7) is 3.26. The molecule has 0 aromatic carbocycles. The Labute approximate surface area is 91.4 Å². The number of nitrogens with two attached hydrogens (primary N) is 1. The molecule has 0 aliphatic heterocycles. The molecule has 6 heteroatoms. The third-order valence-corrected chi connectivity index (χ3v) is 2.30. The lowest BCUT2D eigenvalue weighted by molar-refractivity contribution is -0.139. The lowest BCUT2D eigenvalue weighted by Gasteiger charge is -2.26. The summed E-state index contributed by atoms with van der Waals surface area (Å²) in [6.07, 6.45) is -2.29. The van der Waals surface area contributed by atoms with E-state index in [-0.39, 0.29) is 12.2 Å². The van der Waals surface area contributed by atoms with E-state index in [1.165, 1.54) is 12.3 Å². The number of nitrogens with zero attached hydrogens (tertiary/aromatic N) is 1. The Hall–Kier alpha value is -1.14. The van der Waals surface area contributed by atoms with Crippen LogP contribution in [0.2, 0.25) is 0 Å². The maximum atomic E-state index is 12.7. The molecule has 1 aromatic heterocycles. The van der Waals surface area contributed by atoms with E-state index in [2.05, 4.69) is 9.82 Å². The summed E-state index contributed by atoms with van der Waals surface area (Å²) in [5.41, 5.74) is -1.44. The van der Waals surface area contributed by atoms with Crippen molar-refractivity contribution in [3.63, 3.8) is 0 Å². The Morgan fingerprint density at radius 2 is 1.94 bits per heavy atom. The van der Waals surface area contributed by atoms with Crippen LogP contribution in [0.25, 0.3) is 0 Å². The van der Waals surface area contributed by atoms with E-state index < -0.39 is 17.2 Å². The molecule has 0 atom stereocenters. The van der Waals surface area contributed by atoms with Crippen LogP contribution in [0.15, 0.2) is 18.5 Å². The Balaban J connectivity index is 3.23. The van der Waals surface area contributed by atoms with Crippen LogP contribution in [0.1, 0.15) is 25.0 Å². The molecular formula is C10H13F3N2O. The SMILES string of the molecule is CC(C)(CON)c1ccncc1C(F)(F)F. The van der Waals surface area contributed by atoms with Gasteiger partial charge in [0.25, 0.3) is 0 Å². The number of hydrogen-bond acceptors (Lipinski definition) is 3. The fraction of sp³-hybridized carbons (Fsp3) is 0.500. The maximum absolute atomic E-state index is 12.7. The number of aromatic nitrogens is 1. The first-order chi connectivity index (χ1) is 7.29. The molecule has 1 rings (SSSR count). The Morgan fingerprint density at radius 3 is 2.44 bits per heavy atom. The second kappa shape index (κ2) is 4.39. The van der Waals surface area contributed by atoms with Gasteiger partial charge in [0.1, 0.15) is 0 Å². The van der Waals surface area contributed by atoms with E-state index >= 15 is 0 Å². The molecule has 2 N–H and O–H groups in total. The summed E-state index contributed by atoms with van der Waals surface area (Å²) < 4.78 is 38.1. The minimum Gasteiger partial charge on any atom is -0.304 e. The standard InChI is InChI=1S/C10H13F3N2O/c1-9(2,6-16-14)7-3-4-15-5-8(7)10(11,12)13/h3-5H,6,14H2,1-2H3. The van der Waals surface area contributed by atoms with Gasteiger partial charge in [0.15, 0.2) is 0 Å². The zero-order valence-corrected chi connectivity index (χ0v) is 9.01. The number of halogens is 3. The van der Waals surface area contributed by atoms with Crippen molar-refractivity contribution >= 4 is 0 Å². The molecule has 0 unspecified atom stereocenters. The van der Waals surface area contributed by atoms with Crippen LogP contribution >= 0.6 is 0 Å². The average Bonchev–Trinajstić information content (AvgIpc) is 2.16. The molecule has 0 saturated carbocycles. The Bertz CT molecular complexity index is 363. The molecule has 16 heavy (non-hydrogen) atoms.